The van der Waals surface area contributed by atoms with Crippen LogP contribution in [-0.4, -0.2) is 24.0 Å². The van der Waals surface area contributed by atoms with Crippen LogP contribution in [0.3, 0.4) is 0 Å². The number of alkyl halides is 3. The molecule has 0 atom stereocenters. The maximum atomic E-state index is 12.5. The normalized spacial score (nSPS) is 12.4. The monoisotopic (exact) mass is 390 g/mol. The van der Waals surface area contributed by atoms with Crippen LogP contribution in [0.15, 0.2) is 22.5 Å². The molecule has 0 aliphatic carbocycles. The molecule has 2 aromatic heterocycles. The first-order valence-corrected chi connectivity index (χ1v) is 9.73. The first kappa shape index (κ1) is 19.7. The van der Waals surface area contributed by atoms with Gasteiger partial charge in [-0.3, -0.25) is 0 Å². The van der Waals surface area contributed by atoms with E-state index in [1.165, 1.54) is 9.75 Å². The number of thiophene rings is 1. The van der Waals surface area contributed by atoms with E-state index in [1.54, 1.807) is 11.3 Å². The summed E-state index contributed by atoms with van der Waals surface area (Å²) in [6.45, 7) is 5.85. The molecule has 0 spiro atoms. The van der Waals surface area contributed by atoms with E-state index in [1.807, 2.05) is 6.92 Å². The van der Waals surface area contributed by atoms with Crippen molar-refractivity contribution in [1.29, 1.82) is 0 Å². The Morgan fingerprint density at radius 1 is 1.20 bits per heavy atom. The average molecular weight is 390 g/mol. The third kappa shape index (κ3) is 6.32. The molecule has 0 amide bonds. The number of aliphatic imine (C=N–C) groups is 1. The van der Waals surface area contributed by atoms with Crippen molar-refractivity contribution in [3.05, 3.63) is 38.0 Å². The van der Waals surface area contributed by atoms with Crippen molar-refractivity contribution >= 4 is 28.6 Å². The van der Waals surface area contributed by atoms with Crippen molar-refractivity contribution in [3.63, 3.8) is 0 Å². The molecule has 0 unspecified atom stereocenters. The van der Waals surface area contributed by atoms with Gasteiger partial charge in [0, 0.05) is 34.6 Å². The third-order valence-electron chi connectivity index (χ3n) is 3.28. The van der Waals surface area contributed by atoms with Gasteiger partial charge in [0.15, 0.2) is 11.7 Å². The molecule has 2 N–H and O–H groups in total. The van der Waals surface area contributed by atoms with Crippen molar-refractivity contribution < 1.29 is 13.2 Å². The molecule has 2 heterocycles. The molecule has 0 saturated heterocycles. The van der Waals surface area contributed by atoms with Crippen LogP contribution in [0.5, 0.6) is 0 Å². The molecule has 9 heteroatoms. The fourth-order valence-electron chi connectivity index (χ4n) is 2.04. The van der Waals surface area contributed by atoms with E-state index in [2.05, 4.69) is 39.7 Å². The Balaban J connectivity index is 1.86. The molecule has 25 heavy (non-hydrogen) atoms. The Morgan fingerprint density at radius 2 is 1.96 bits per heavy atom. The van der Waals surface area contributed by atoms with Crippen LogP contribution in [0, 0.1) is 0 Å². The molecule has 0 aliphatic rings. The summed E-state index contributed by atoms with van der Waals surface area (Å²) in [4.78, 5) is 10.7. The van der Waals surface area contributed by atoms with Gasteiger partial charge in [0.2, 0.25) is 0 Å². The van der Waals surface area contributed by atoms with E-state index in [-0.39, 0.29) is 0 Å². The Hall–Kier alpha value is -1.61. The molecule has 0 fully saturated rings. The van der Waals surface area contributed by atoms with E-state index in [9.17, 15) is 13.2 Å². The molecular weight excluding hydrogens is 369 g/mol. The van der Waals surface area contributed by atoms with E-state index in [0.29, 0.717) is 37.0 Å². The summed E-state index contributed by atoms with van der Waals surface area (Å²) in [6, 6.07) is 4.18. The summed E-state index contributed by atoms with van der Waals surface area (Å²) in [7, 11) is 0. The predicted octanol–water partition coefficient (Wildman–Crippen LogP) is 4.08. The molecular formula is C16H21F3N4S2. The number of hydrogen-bond acceptors (Lipinski definition) is 4. The summed E-state index contributed by atoms with van der Waals surface area (Å²) in [5.41, 5.74) is -0.822. The molecule has 2 rings (SSSR count). The zero-order valence-corrected chi connectivity index (χ0v) is 15.7. The lowest BCUT2D eigenvalue weighted by atomic mass is 10.4. The Bertz CT molecular complexity index is 692. The predicted molar refractivity (Wildman–Crippen MR) is 97.3 cm³/mol. The highest BCUT2D eigenvalue weighted by molar-refractivity contribution is 7.12. The number of guanidine groups is 1. The average Bonchev–Trinajstić information content (AvgIpc) is 3.21. The van der Waals surface area contributed by atoms with Gasteiger partial charge in [0.1, 0.15) is 0 Å². The van der Waals surface area contributed by atoms with Crippen molar-refractivity contribution in [3.8, 4) is 0 Å². The van der Waals surface area contributed by atoms with Gasteiger partial charge in [0.25, 0.3) is 0 Å². The van der Waals surface area contributed by atoms with Gasteiger partial charge in [0.05, 0.1) is 11.6 Å². The van der Waals surface area contributed by atoms with Gasteiger partial charge in [-0.25, -0.2) is 9.98 Å². The Kier molecular flexibility index (Phi) is 7.24. The van der Waals surface area contributed by atoms with Gasteiger partial charge in [-0.2, -0.15) is 13.2 Å². The molecule has 2 aromatic rings. The molecule has 0 bridgehead atoms. The van der Waals surface area contributed by atoms with Crippen LogP contribution in [-0.2, 0) is 25.6 Å². The molecule has 138 valence electrons. The zero-order valence-electron chi connectivity index (χ0n) is 14.1. The number of aryl methyl sites for hydroxylation is 1. The lowest BCUT2D eigenvalue weighted by molar-refractivity contribution is -0.140. The highest BCUT2D eigenvalue weighted by Gasteiger charge is 2.33. The minimum absolute atomic E-state index is 0.421. The minimum Gasteiger partial charge on any atom is -0.357 e. The Morgan fingerprint density at radius 3 is 2.56 bits per heavy atom. The van der Waals surface area contributed by atoms with Crippen molar-refractivity contribution in [2.75, 3.05) is 13.1 Å². The van der Waals surface area contributed by atoms with Crippen molar-refractivity contribution in [1.82, 2.24) is 15.6 Å². The first-order valence-electron chi connectivity index (χ1n) is 8.03. The van der Waals surface area contributed by atoms with Gasteiger partial charge in [-0.1, -0.05) is 6.92 Å². The number of nitrogens with one attached hydrogen (secondary N) is 2. The quantitative estimate of drug-likeness (QED) is 0.553. The second kappa shape index (κ2) is 9.19. The fraction of sp³-hybridized carbons (Fsp3) is 0.500. The van der Waals surface area contributed by atoms with E-state index >= 15 is 0 Å². The highest BCUT2D eigenvalue weighted by Crippen LogP contribution is 2.30. The van der Waals surface area contributed by atoms with Crippen LogP contribution in [0.2, 0.25) is 0 Å². The zero-order chi connectivity index (χ0) is 18.3. The van der Waals surface area contributed by atoms with Crippen LogP contribution in [0.4, 0.5) is 13.2 Å². The summed E-state index contributed by atoms with van der Waals surface area (Å²) < 4.78 is 37.6. The summed E-state index contributed by atoms with van der Waals surface area (Å²) in [5, 5.41) is 7.79. The number of nitrogens with zero attached hydrogens (tertiary/aromatic N) is 2. The molecule has 0 aromatic carbocycles. The maximum absolute atomic E-state index is 12.5. The second-order valence-electron chi connectivity index (χ2n) is 5.22. The largest absolute Gasteiger partial charge is 0.434 e. The summed E-state index contributed by atoms with van der Waals surface area (Å²) >= 11 is 2.77. The summed E-state index contributed by atoms with van der Waals surface area (Å²) in [5.74, 6) is 0.654. The topological polar surface area (TPSA) is 49.3 Å². The SMILES string of the molecule is CCNC(=NCc1ccc(CC)s1)NCCc1nc(C(F)(F)F)cs1. The maximum Gasteiger partial charge on any atom is 0.434 e. The van der Waals surface area contributed by atoms with Crippen molar-refractivity contribution in [2.45, 2.75) is 39.4 Å². The first-order chi connectivity index (χ1) is 11.9. The van der Waals surface area contributed by atoms with Crippen LogP contribution in [0.25, 0.3) is 0 Å². The molecule has 0 aliphatic heterocycles. The van der Waals surface area contributed by atoms with Gasteiger partial charge in [-0.05, 0) is 25.5 Å². The highest BCUT2D eigenvalue weighted by atomic mass is 32.1. The van der Waals surface area contributed by atoms with Crippen LogP contribution >= 0.6 is 22.7 Å². The smallest absolute Gasteiger partial charge is 0.357 e. The molecule has 0 saturated carbocycles. The fourth-order valence-corrected chi connectivity index (χ4v) is 3.73. The Labute approximate surface area is 153 Å². The lowest BCUT2D eigenvalue weighted by Crippen LogP contribution is -2.38. The lowest BCUT2D eigenvalue weighted by Gasteiger charge is -2.10. The van der Waals surface area contributed by atoms with Gasteiger partial charge >= 0.3 is 6.18 Å². The number of aromatic nitrogens is 1. The standard InChI is InChI=1S/C16H21F3N4S2/c1-3-11-5-6-12(25-11)9-22-15(20-4-2)21-8-7-14-23-13(10-24-14)16(17,18)19/h5-6,10H,3-4,7-9H2,1-2H3,(H2,20,21,22). The number of rotatable bonds is 7. The van der Waals surface area contributed by atoms with Crippen LogP contribution < -0.4 is 10.6 Å². The van der Waals surface area contributed by atoms with E-state index in [4.69, 9.17) is 0 Å². The van der Waals surface area contributed by atoms with Crippen molar-refractivity contribution in [2.24, 2.45) is 4.99 Å². The third-order valence-corrected chi connectivity index (χ3v) is 5.40. The van der Waals surface area contributed by atoms with Crippen LogP contribution in [0.1, 0.15) is 34.3 Å². The van der Waals surface area contributed by atoms with E-state index in [0.717, 1.165) is 23.1 Å². The summed E-state index contributed by atoms with van der Waals surface area (Å²) in [6.07, 6.45) is -2.94. The number of halogens is 3. The molecule has 4 nitrogen and oxygen atoms in total. The number of hydrogen-bond donors (Lipinski definition) is 2. The second-order valence-corrected chi connectivity index (χ2v) is 7.41. The van der Waals surface area contributed by atoms with E-state index < -0.39 is 11.9 Å². The minimum atomic E-state index is -4.38. The van der Waals surface area contributed by atoms with Gasteiger partial charge < -0.3 is 10.6 Å². The number of thiazole rings is 1. The molecule has 0 radical (unpaired) electrons. The van der Waals surface area contributed by atoms with Gasteiger partial charge in [-0.15, -0.1) is 22.7 Å².